The van der Waals surface area contributed by atoms with Crippen LogP contribution in [-0.4, -0.2) is 34.1 Å². The summed E-state index contributed by atoms with van der Waals surface area (Å²) in [6.45, 7) is 3.04. The van der Waals surface area contributed by atoms with Crippen LogP contribution in [0.3, 0.4) is 0 Å². The Hall–Kier alpha value is -2.84. The third-order valence-electron chi connectivity index (χ3n) is 5.18. The van der Waals surface area contributed by atoms with Crippen molar-refractivity contribution in [2.24, 2.45) is 0 Å². The minimum absolute atomic E-state index is 0.0896. The molecule has 1 unspecified atom stereocenters. The summed E-state index contributed by atoms with van der Waals surface area (Å²) in [5, 5.41) is 7.86. The number of fused-ring (bicyclic) bond motifs is 1. The minimum atomic E-state index is -0.364. The van der Waals surface area contributed by atoms with Gasteiger partial charge in [0.1, 0.15) is 10.8 Å². The fraction of sp³-hybridized carbons (Fsp3) is 0.273. The number of carbonyl (C=O) groups is 1. The number of thiophene rings is 1. The van der Waals surface area contributed by atoms with E-state index in [9.17, 15) is 4.79 Å². The van der Waals surface area contributed by atoms with Gasteiger partial charge in [0, 0.05) is 28.3 Å². The van der Waals surface area contributed by atoms with Crippen LogP contribution in [0.4, 0.5) is 5.82 Å². The zero-order valence-corrected chi connectivity index (χ0v) is 18.1. The summed E-state index contributed by atoms with van der Waals surface area (Å²) >= 11 is 3.15. The van der Waals surface area contributed by atoms with Gasteiger partial charge in [-0.05, 0) is 43.3 Å². The molecular formula is C22H20N4O2S2. The maximum atomic E-state index is 12.1. The van der Waals surface area contributed by atoms with Gasteiger partial charge in [0.2, 0.25) is 0 Å². The van der Waals surface area contributed by atoms with Crippen molar-refractivity contribution < 1.29 is 9.53 Å². The van der Waals surface area contributed by atoms with Crippen molar-refractivity contribution in [3.8, 4) is 11.4 Å². The number of aromatic nitrogens is 3. The molecule has 1 aromatic carbocycles. The Morgan fingerprint density at radius 2 is 2.10 bits per heavy atom. The van der Waals surface area contributed by atoms with Crippen molar-refractivity contribution in [2.45, 2.75) is 25.8 Å². The zero-order chi connectivity index (χ0) is 20.5. The van der Waals surface area contributed by atoms with Gasteiger partial charge >= 0.3 is 5.97 Å². The summed E-state index contributed by atoms with van der Waals surface area (Å²) in [4.78, 5) is 28.7. The van der Waals surface area contributed by atoms with Crippen LogP contribution in [-0.2, 0) is 4.74 Å². The molecule has 0 spiro atoms. The average Bonchev–Trinajstić information content (AvgIpc) is 3.54. The molecular weight excluding hydrogens is 416 g/mol. The fourth-order valence-electron chi connectivity index (χ4n) is 3.82. The molecule has 6 nitrogen and oxygen atoms in total. The molecule has 3 aromatic heterocycles. The Labute approximate surface area is 182 Å². The Balaban J connectivity index is 1.56. The van der Waals surface area contributed by atoms with Gasteiger partial charge in [0.05, 0.1) is 18.2 Å². The molecule has 1 aliphatic rings. The summed E-state index contributed by atoms with van der Waals surface area (Å²) in [5.41, 5.74) is 2.34. The number of anilines is 1. The molecule has 4 aromatic rings. The quantitative estimate of drug-likeness (QED) is 0.394. The number of nitrogens with zero attached hydrogens (tertiary/aromatic N) is 4. The van der Waals surface area contributed by atoms with E-state index in [0.29, 0.717) is 12.3 Å². The fourth-order valence-corrected chi connectivity index (χ4v) is 5.38. The summed E-state index contributed by atoms with van der Waals surface area (Å²) in [5.74, 6) is 1.30. The number of hydrogen-bond donors (Lipinski definition) is 0. The SMILES string of the molecule is CCOC(=O)c1csc(C2CCCN2c2nc(-c3ccsc3)nc3ccccc23)n1. The molecule has 0 bridgehead atoms. The van der Waals surface area contributed by atoms with E-state index in [1.54, 1.807) is 23.6 Å². The highest BCUT2D eigenvalue weighted by atomic mass is 32.1. The second kappa shape index (κ2) is 8.12. The zero-order valence-electron chi connectivity index (χ0n) is 16.4. The first-order chi connectivity index (χ1) is 14.7. The molecule has 30 heavy (non-hydrogen) atoms. The van der Waals surface area contributed by atoms with Crippen LogP contribution in [0.5, 0.6) is 0 Å². The standard InChI is InChI=1S/C22H20N4O2S2/c1-2-28-22(27)17-13-30-21(24-17)18-8-5-10-26(18)20-15-6-3-4-7-16(15)23-19(25-20)14-9-11-29-12-14/h3-4,6-7,9,11-13,18H,2,5,8,10H2,1H3. The van der Waals surface area contributed by atoms with E-state index >= 15 is 0 Å². The number of para-hydroxylation sites is 1. The smallest absolute Gasteiger partial charge is 0.357 e. The maximum Gasteiger partial charge on any atom is 0.357 e. The lowest BCUT2D eigenvalue weighted by Gasteiger charge is -2.25. The number of esters is 1. The first-order valence-corrected chi connectivity index (χ1v) is 11.8. The number of rotatable bonds is 5. The molecule has 1 atom stereocenters. The van der Waals surface area contributed by atoms with E-state index in [-0.39, 0.29) is 12.0 Å². The molecule has 0 saturated carbocycles. The molecule has 4 heterocycles. The number of carbonyl (C=O) groups excluding carboxylic acids is 1. The Kier molecular flexibility index (Phi) is 5.18. The van der Waals surface area contributed by atoms with Gasteiger partial charge in [-0.1, -0.05) is 12.1 Å². The largest absolute Gasteiger partial charge is 0.461 e. The first-order valence-electron chi connectivity index (χ1n) is 9.93. The molecule has 0 amide bonds. The van der Waals surface area contributed by atoms with Crippen LogP contribution >= 0.6 is 22.7 Å². The summed E-state index contributed by atoms with van der Waals surface area (Å²) in [7, 11) is 0. The molecule has 1 saturated heterocycles. The van der Waals surface area contributed by atoms with Crippen LogP contribution in [0.15, 0.2) is 46.5 Å². The second-order valence-corrected chi connectivity index (χ2v) is 8.71. The van der Waals surface area contributed by atoms with Gasteiger partial charge in [-0.15, -0.1) is 11.3 Å². The first kappa shape index (κ1) is 19.1. The van der Waals surface area contributed by atoms with E-state index in [1.165, 1.54) is 11.3 Å². The van der Waals surface area contributed by atoms with Crippen molar-refractivity contribution >= 4 is 45.4 Å². The molecule has 0 radical (unpaired) electrons. The number of ether oxygens (including phenoxy) is 1. The van der Waals surface area contributed by atoms with Crippen LogP contribution in [0.25, 0.3) is 22.3 Å². The predicted octanol–water partition coefficient (Wildman–Crippen LogP) is 5.33. The van der Waals surface area contributed by atoms with E-state index in [1.807, 2.05) is 29.6 Å². The summed E-state index contributed by atoms with van der Waals surface area (Å²) in [6.07, 6.45) is 2.02. The van der Waals surface area contributed by atoms with Gasteiger partial charge in [0.15, 0.2) is 11.5 Å². The normalized spacial score (nSPS) is 16.3. The highest BCUT2D eigenvalue weighted by Crippen LogP contribution is 2.40. The molecule has 1 fully saturated rings. The van der Waals surface area contributed by atoms with Crippen LogP contribution < -0.4 is 4.90 Å². The van der Waals surface area contributed by atoms with Gasteiger partial charge in [0.25, 0.3) is 0 Å². The molecule has 1 aliphatic heterocycles. The lowest BCUT2D eigenvalue weighted by Crippen LogP contribution is -2.24. The van der Waals surface area contributed by atoms with Gasteiger partial charge in [-0.25, -0.2) is 19.7 Å². The van der Waals surface area contributed by atoms with Crippen LogP contribution in [0.2, 0.25) is 0 Å². The third kappa shape index (κ3) is 3.46. The van der Waals surface area contributed by atoms with Crippen molar-refractivity contribution in [3.05, 3.63) is 57.2 Å². The van der Waals surface area contributed by atoms with Crippen molar-refractivity contribution in [1.29, 1.82) is 0 Å². The number of benzene rings is 1. The van der Waals surface area contributed by atoms with Crippen molar-refractivity contribution in [2.75, 3.05) is 18.1 Å². The maximum absolute atomic E-state index is 12.1. The molecule has 5 rings (SSSR count). The third-order valence-corrected chi connectivity index (χ3v) is 6.81. The van der Waals surface area contributed by atoms with Gasteiger partial charge in [-0.2, -0.15) is 11.3 Å². The predicted molar refractivity (Wildman–Crippen MR) is 120 cm³/mol. The Bertz CT molecular complexity index is 1190. The topological polar surface area (TPSA) is 68.2 Å². The van der Waals surface area contributed by atoms with Crippen molar-refractivity contribution in [3.63, 3.8) is 0 Å². The monoisotopic (exact) mass is 436 g/mol. The van der Waals surface area contributed by atoms with Crippen molar-refractivity contribution in [1.82, 2.24) is 15.0 Å². The lowest BCUT2D eigenvalue weighted by atomic mass is 10.2. The average molecular weight is 437 g/mol. The highest BCUT2D eigenvalue weighted by molar-refractivity contribution is 7.10. The molecule has 0 N–H and O–H groups in total. The summed E-state index contributed by atoms with van der Waals surface area (Å²) < 4.78 is 5.10. The lowest BCUT2D eigenvalue weighted by molar-refractivity contribution is 0.0520. The molecule has 0 aliphatic carbocycles. The van der Waals surface area contributed by atoms with E-state index in [2.05, 4.69) is 21.3 Å². The number of hydrogen-bond acceptors (Lipinski definition) is 8. The number of thiazole rings is 1. The van der Waals surface area contributed by atoms with Crippen LogP contribution in [0.1, 0.15) is 41.3 Å². The molecule has 152 valence electrons. The minimum Gasteiger partial charge on any atom is -0.461 e. The van der Waals surface area contributed by atoms with E-state index in [0.717, 1.165) is 52.5 Å². The summed E-state index contributed by atoms with van der Waals surface area (Å²) in [6, 6.07) is 10.3. The van der Waals surface area contributed by atoms with Gasteiger partial charge < -0.3 is 9.64 Å². The molecule has 8 heteroatoms. The van der Waals surface area contributed by atoms with E-state index < -0.39 is 0 Å². The Morgan fingerprint density at radius 3 is 2.93 bits per heavy atom. The second-order valence-electron chi connectivity index (χ2n) is 7.04. The highest BCUT2D eigenvalue weighted by Gasteiger charge is 2.32. The Morgan fingerprint density at radius 1 is 1.20 bits per heavy atom. The van der Waals surface area contributed by atoms with Gasteiger partial charge in [-0.3, -0.25) is 0 Å². The van der Waals surface area contributed by atoms with Crippen LogP contribution in [0, 0.1) is 0 Å². The van der Waals surface area contributed by atoms with E-state index in [4.69, 9.17) is 14.7 Å².